The minimum absolute atomic E-state index is 0.135. The zero-order valence-corrected chi connectivity index (χ0v) is 14.6. The molecule has 24 heavy (non-hydrogen) atoms. The maximum absolute atomic E-state index is 12.8. The zero-order valence-electron chi connectivity index (χ0n) is 13.8. The summed E-state index contributed by atoms with van der Waals surface area (Å²) < 4.78 is 0. The quantitative estimate of drug-likeness (QED) is 0.926. The SMILES string of the molecule is Cc1nc(-c2ccsc2)ccc1C(=O)N1CCCC(C)(C(=O)O)C1. The maximum atomic E-state index is 12.8. The van der Waals surface area contributed by atoms with Crippen LogP contribution in [0.4, 0.5) is 0 Å². The van der Waals surface area contributed by atoms with Gasteiger partial charge in [-0.1, -0.05) is 0 Å². The molecule has 0 aromatic carbocycles. The number of rotatable bonds is 3. The average Bonchev–Trinajstić information content (AvgIpc) is 3.08. The summed E-state index contributed by atoms with van der Waals surface area (Å²) in [6.45, 7) is 4.36. The number of aromatic nitrogens is 1. The van der Waals surface area contributed by atoms with Crippen LogP contribution in [0.5, 0.6) is 0 Å². The molecule has 1 N–H and O–H groups in total. The first-order valence-corrected chi connectivity index (χ1v) is 8.88. The van der Waals surface area contributed by atoms with Crippen LogP contribution in [-0.2, 0) is 4.79 Å². The second-order valence-electron chi connectivity index (χ2n) is 6.54. The Balaban J connectivity index is 1.84. The van der Waals surface area contributed by atoms with Gasteiger partial charge in [-0.05, 0) is 50.3 Å². The molecule has 1 aliphatic heterocycles. The van der Waals surface area contributed by atoms with E-state index in [1.165, 1.54) is 0 Å². The molecule has 2 aromatic heterocycles. The number of hydrogen-bond donors (Lipinski definition) is 1. The molecular formula is C18H20N2O3S. The van der Waals surface area contributed by atoms with E-state index in [2.05, 4.69) is 4.98 Å². The number of carbonyl (C=O) groups excluding carboxylic acids is 1. The van der Waals surface area contributed by atoms with Crippen LogP contribution in [-0.4, -0.2) is 40.0 Å². The van der Waals surface area contributed by atoms with E-state index >= 15 is 0 Å². The molecule has 0 spiro atoms. The van der Waals surface area contributed by atoms with Crippen molar-refractivity contribution in [2.45, 2.75) is 26.7 Å². The molecule has 1 atom stereocenters. The highest BCUT2D eigenvalue weighted by molar-refractivity contribution is 7.08. The number of carboxylic acids is 1. The third-order valence-electron chi connectivity index (χ3n) is 4.63. The molecule has 0 aliphatic carbocycles. The van der Waals surface area contributed by atoms with E-state index < -0.39 is 11.4 Å². The van der Waals surface area contributed by atoms with Gasteiger partial charge in [0.2, 0.25) is 0 Å². The van der Waals surface area contributed by atoms with E-state index in [1.807, 2.05) is 29.8 Å². The predicted octanol–water partition coefficient (Wildman–Crippen LogP) is 3.45. The van der Waals surface area contributed by atoms with Gasteiger partial charge in [0.15, 0.2) is 0 Å². The molecule has 126 valence electrons. The van der Waals surface area contributed by atoms with Gasteiger partial charge in [0.25, 0.3) is 5.91 Å². The Morgan fingerprint density at radius 3 is 2.75 bits per heavy atom. The van der Waals surface area contributed by atoms with Crippen molar-refractivity contribution in [2.24, 2.45) is 5.41 Å². The van der Waals surface area contributed by atoms with E-state index in [1.54, 1.807) is 29.2 Å². The highest BCUT2D eigenvalue weighted by Gasteiger charge is 2.39. The van der Waals surface area contributed by atoms with Crippen molar-refractivity contribution >= 4 is 23.2 Å². The lowest BCUT2D eigenvalue weighted by Gasteiger charge is -2.37. The number of aryl methyl sites for hydroxylation is 1. The predicted molar refractivity (Wildman–Crippen MR) is 93.2 cm³/mol. The summed E-state index contributed by atoms with van der Waals surface area (Å²) in [5.74, 6) is -0.980. The Hall–Kier alpha value is -2.21. The number of amides is 1. The average molecular weight is 344 g/mol. The van der Waals surface area contributed by atoms with E-state index in [0.29, 0.717) is 30.6 Å². The standard InChI is InChI=1S/C18H20N2O3S/c1-12-14(4-5-15(19-12)13-6-9-24-10-13)16(21)20-8-3-7-18(2,11-20)17(22)23/h4-6,9-10H,3,7-8,11H2,1-2H3,(H,22,23). The molecular weight excluding hydrogens is 324 g/mol. The van der Waals surface area contributed by atoms with Gasteiger partial charge in [0.1, 0.15) is 0 Å². The lowest BCUT2D eigenvalue weighted by Crippen LogP contribution is -2.48. The van der Waals surface area contributed by atoms with Gasteiger partial charge >= 0.3 is 5.97 Å². The zero-order chi connectivity index (χ0) is 17.3. The van der Waals surface area contributed by atoms with E-state index in [9.17, 15) is 14.7 Å². The Morgan fingerprint density at radius 1 is 1.33 bits per heavy atom. The topological polar surface area (TPSA) is 70.5 Å². The summed E-state index contributed by atoms with van der Waals surface area (Å²) in [5, 5.41) is 13.4. The number of piperidine rings is 1. The Bertz CT molecular complexity index is 773. The number of nitrogens with zero attached hydrogens (tertiary/aromatic N) is 2. The fourth-order valence-electron chi connectivity index (χ4n) is 3.12. The van der Waals surface area contributed by atoms with Crippen LogP contribution < -0.4 is 0 Å². The number of thiophene rings is 1. The first-order valence-electron chi connectivity index (χ1n) is 7.94. The molecule has 1 aliphatic rings. The summed E-state index contributed by atoms with van der Waals surface area (Å²) in [6.07, 6.45) is 1.30. The van der Waals surface area contributed by atoms with Crippen molar-refractivity contribution in [3.63, 3.8) is 0 Å². The molecule has 3 heterocycles. The summed E-state index contributed by atoms with van der Waals surface area (Å²) in [4.78, 5) is 30.5. The number of aliphatic carboxylic acids is 1. The second-order valence-corrected chi connectivity index (χ2v) is 7.32. The van der Waals surface area contributed by atoms with Gasteiger partial charge in [0, 0.05) is 24.0 Å². The molecule has 0 saturated carbocycles. The third-order valence-corrected chi connectivity index (χ3v) is 5.32. The molecule has 2 aromatic rings. The lowest BCUT2D eigenvalue weighted by atomic mass is 9.82. The van der Waals surface area contributed by atoms with Crippen molar-refractivity contribution in [3.05, 3.63) is 40.2 Å². The molecule has 1 amide bonds. The van der Waals surface area contributed by atoms with Gasteiger partial charge < -0.3 is 10.0 Å². The molecule has 1 saturated heterocycles. The summed E-state index contributed by atoms with van der Waals surface area (Å²) in [5.41, 5.74) is 2.24. The number of likely N-dealkylation sites (tertiary alicyclic amines) is 1. The van der Waals surface area contributed by atoms with Crippen LogP contribution in [0.25, 0.3) is 11.3 Å². The van der Waals surface area contributed by atoms with Crippen molar-refractivity contribution in [2.75, 3.05) is 13.1 Å². The normalized spacial score (nSPS) is 20.8. The van der Waals surface area contributed by atoms with Crippen LogP contribution in [0, 0.1) is 12.3 Å². The Morgan fingerprint density at radius 2 is 2.12 bits per heavy atom. The number of hydrogen-bond acceptors (Lipinski definition) is 4. The van der Waals surface area contributed by atoms with Gasteiger partial charge in [-0.3, -0.25) is 14.6 Å². The van der Waals surface area contributed by atoms with E-state index in [-0.39, 0.29) is 12.5 Å². The van der Waals surface area contributed by atoms with E-state index in [0.717, 1.165) is 11.3 Å². The fourth-order valence-corrected chi connectivity index (χ4v) is 3.77. The van der Waals surface area contributed by atoms with Gasteiger partial charge in [-0.25, -0.2) is 0 Å². The monoisotopic (exact) mass is 344 g/mol. The van der Waals surface area contributed by atoms with Crippen LogP contribution in [0.3, 0.4) is 0 Å². The highest BCUT2D eigenvalue weighted by atomic mass is 32.1. The molecule has 1 unspecified atom stereocenters. The van der Waals surface area contributed by atoms with Crippen molar-refractivity contribution in [1.29, 1.82) is 0 Å². The summed E-state index contributed by atoms with van der Waals surface area (Å²) in [7, 11) is 0. The van der Waals surface area contributed by atoms with Crippen LogP contribution in [0.15, 0.2) is 29.0 Å². The smallest absolute Gasteiger partial charge is 0.311 e. The van der Waals surface area contributed by atoms with Crippen LogP contribution in [0.1, 0.15) is 35.8 Å². The van der Waals surface area contributed by atoms with E-state index in [4.69, 9.17) is 0 Å². The van der Waals surface area contributed by atoms with Crippen LogP contribution in [0.2, 0.25) is 0 Å². The minimum atomic E-state index is -0.869. The first-order chi connectivity index (χ1) is 11.4. The second kappa shape index (κ2) is 6.36. The van der Waals surface area contributed by atoms with Crippen molar-refractivity contribution in [3.8, 4) is 11.3 Å². The molecule has 0 bridgehead atoms. The molecule has 3 rings (SSSR count). The number of pyridine rings is 1. The minimum Gasteiger partial charge on any atom is -0.481 e. The largest absolute Gasteiger partial charge is 0.481 e. The molecule has 1 fully saturated rings. The molecule has 5 nitrogen and oxygen atoms in total. The number of carbonyl (C=O) groups is 2. The lowest BCUT2D eigenvalue weighted by molar-refractivity contribution is -0.150. The summed E-state index contributed by atoms with van der Waals surface area (Å²) in [6, 6.07) is 5.64. The fraction of sp³-hybridized carbons (Fsp3) is 0.389. The Labute approximate surface area is 145 Å². The third kappa shape index (κ3) is 3.06. The van der Waals surface area contributed by atoms with Crippen molar-refractivity contribution in [1.82, 2.24) is 9.88 Å². The number of carboxylic acid groups (broad SMARTS) is 1. The van der Waals surface area contributed by atoms with Gasteiger partial charge in [0.05, 0.1) is 22.4 Å². The maximum Gasteiger partial charge on any atom is 0.311 e. The molecule has 6 heteroatoms. The van der Waals surface area contributed by atoms with Gasteiger partial charge in [-0.15, -0.1) is 0 Å². The Kier molecular flexibility index (Phi) is 4.41. The van der Waals surface area contributed by atoms with Crippen LogP contribution >= 0.6 is 11.3 Å². The summed E-state index contributed by atoms with van der Waals surface area (Å²) >= 11 is 1.61. The molecule has 0 radical (unpaired) electrons. The highest BCUT2D eigenvalue weighted by Crippen LogP contribution is 2.31. The first kappa shape index (κ1) is 16.6. The van der Waals surface area contributed by atoms with Gasteiger partial charge in [-0.2, -0.15) is 11.3 Å². The van der Waals surface area contributed by atoms with Crippen molar-refractivity contribution < 1.29 is 14.7 Å².